The van der Waals surface area contributed by atoms with Crippen LogP contribution in [0.3, 0.4) is 0 Å². The van der Waals surface area contributed by atoms with Crippen LogP contribution in [0.15, 0.2) is 12.7 Å². The quantitative estimate of drug-likeness (QED) is 0.308. The van der Waals surface area contributed by atoms with Gasteiger partial charge in [-0.2, -0.15) is 0 Å². The highest BCUT2D eigenvalue weighted by Crippen LogP contribution is 2.10. The van der Waals surface area contributed by atoms with Gasteiger partial charge in [0.2, 0.25) is 0 Å². The first-order valence-electron chi connectivity index (χ1n) is 7.55. The minimum atomic E-state index is -0.672. The molecule has 2 nitrogen and oxygen atoms in total. The van der Waals surface area contributed by atoms with Gasteiger partial charge in [0.25, 0.3) is 0 Å². The van der Waals surface area contributed by atoms with Gasteiger partial charge in [-0.25, -0.2) is 0 Å². The summed E-state index contributed by atoms with van der Waals surface area (Å²) >= 11 is 0. The summed E-state index contributed by atoms with van der Waals surface area (Å²) in [6.45, 7) is 3.67. The van der Waals surface area contributed by atoms with Crippen molar-refractivity contribution in [3.63, 3.8) is 0 Å². The van der Waals surface area contributed by atoms with Crippen molar-refractivity contribution < 1.29 is 9.90 Å². The van der Waals surface area contributed by atoms with E-state index < -0.39 is 5.97 Å². The molecule has 1 N–H and O–H groups in total. The zero-order valence-corrected chi connectivity index (χ0v) is 12.1. The van der Waals surface area contributed by atoms with E-state index in [0.717, 1.165) is 32.1 Å². The number of allylic oxidation sites excluding steroid dienone is 1. The van der Waals surface area contributed by atoms with Gasteiger partial charge in [-0.1, -0.05) is 44.6 Å². The molecule has 0 amide bonds. The Balaban J connectivity index is 3.07. The summed E-state index contributed by atoms with van der Waals surface area (Å²) in [6.07, 6.45) is 14.5. The minimum absolute atomic E-state index is 0.324. The average Bonchev–Trinajstić information content (AvgIpc) is 2.39. The summed E-state index contributed by atoms with van der Waals surface area (Å²) in [7, 11) is 0. The lowest BCUT2D eigenvalue weighted by molar-refractivity contribution is -0.137. The molecule has 0 aromatic carbocycles. The predicted octanol–water partition coefficient (Wildman–Crippen LogP) is 4.94. The predicted molar refractivity (Wildman–Crippen MR) is 81.0 cm³/mol. The number of carboxylic acid groups (broad SMARTS) is 1. The molecule has 0 aliphatic carbocycles. The molecule has 2 heteroatoms. The third-order valence-electron chi connectivity index (χ3n) is 3.04. The summed E-state index contributed by atoms with van der Waals surface area (Å²) in [4.78, 5) is 10.3. The van der Waals surface area contributed by atoms with Gasteiger partial charge in [0.15, 0.2) is 0 Å². The van der Waals surface area contributed by atoms with Gasteiger partial charge in [-0.15, -0.1) is 18.4 Å². The first-order chi connectivity index (χ1) is 9.27. The molecular formula is C17H28O2. The molecule has 19 heavy (non-hydrogen) atoms. The van der Waals surface area contributed by atoms with Crippen LogP contribution in [-0.2, 0) is 4.79 Å². The third kappa shape index (κ3) is 16.8. The van der Waals surface area contributed by atoms with Gasteiger partial charge in [0, 0.05) is 19.3 Å². The molecule has 0 spiro atoms. The summed E-state index contributed by atoms with van der Waals surface area (Å²) in [5, 5.41) is 8.49. The molecule has 0 unspecified atom stereocenters. The fourth-order valence-corrected chi connectivity index (χ4v) is 1.90. The van der Waals surface area contributed by atoms with Crippen LogP contribution in [-0.4, -0.2) is 11.1 Å². The van der Waals surface area contributed by atoms with E-state index in [0.29, 0.717) is 6.42 Å². The van der Waals surface area contributed by atoms with Crippen LogP contribution in [0.4, 0.5) is 0 Å². The maximum absolute atomic E-state index is 10.3. The van der Waals surface area contributed by atoms with Crippen molar-refractivity contribution in [1.82, 2.24) is 0 Å². The SMILES string of the molecule is C=CCCC#CCCCCCCCCCCC(=O)O. The van der Waals surface area contributed by atoms with Crippen LogP contribution in [0, 0.1) is 11.8 Å². The second-order valence-electron chi connectivity index (χ2n) is 4.90. The van der Waals surface area contributed by atoms with Crippen molar-refractivity contribution in [1.29, 1.82) is 0 Å². The number of aliphatic carboxylic acids is 1. The normalized spacial score (nSPS) is 9.68. The Morgan fingerprint density at radius 1 is 0.895 bits per heavy atom. The molecule has 108 valence electrons. The number of rotatable bonds is 12. The Morgan fingerprint density at radius 3 is 2.00 bits per heavy atom. The van der Waals surface area contributed by atoms with Crippen molar-refractivity contribution in [3.8, 4) is 11.8 Å². The van der Waals surface area contributed by atoms with Crippen LogP contribution < -0.4 is 0 Å². The van der Waals surface area contributed by atoms with E-state index >= 15 is 0 Å². The number of unbranched alkanes of at least 4 members (excludes halogenated alkanes) is 9. The average molecular weight is 264 g/mol. The molecule has 0 fully saturated rings. The Bertz CT molecular complexity index is 283. The highest BCUT2D eigenvalue weighted by atomic mass is 16.4. The van der Waals surface area contributed by atoms with Crippen LogP contribution in [0.2, 0.25) is 0 Å². The van der Waals surface area contributed by atoms with E-state index in [9.17, 15) is 4.79 Å². The Hall–Kier alpha value is -1.23. The molecule has 0 saturated heterocycles. The fraction of sp³-hybridized carbons (Fsp3) is 0.706. The lowest BCUT2D eigenvalue weighted by Crippen LogP contribution is -1.93. The smallest absolute Gasteiger partial charge is 0.303 e. The maximum atomic E-state index is 10.3. The number of hydrogen-bond donors (Lipinski definition) is 1. The van der Waals surface area contributed by atoms with Gasteiger partial charge >= 0.3 is 5.97 Å². The molecule has 0 aliphatic rings. The third-order valence-corrected chi connectivity index (χ3v) is 3.04. The topological polar surface area (TPSA) is 37.3 Å². The van der Waals surface area contributed by atoms with E-state index in [1.165, 1.54) is 38.5 Å². The maximum Gasteiger partial charge on any atom is 0.303 e. The van der Waals surface area contributed by atoms with E-state index in [1.807, 2.05) is 6.08 Å². The summed E-state index contributed by atoms with van der Waals surface area (Å²) in [5.74, 6) is 5.68. The summed E-state index contributed by atoms with van der Waals surface area (Å²) in [6, 6.07) is 0. The Morgan fingerprint density at radius 2 is 1.42 bits per heavy atom. The molecule has 0 aromatic rings. The van der Waals surface area contributed by atoms with Gasteiger partial charge in [-0.3, -0.25) is 4.79 Å². The van der Waals surface area contributed by atoms with Gasteiger partial charge < -0.3 is 5.11 Å². The van der Waals surface area contributed by atoms with Crippen LogP contribution in [0.25, 0.3) is 0 Å². The minimum Gasteiger partial charge on any atom is -0.481 e. The first kappa shape index (κ1) is 17.8. The molecule has 0 heterocycles. The zero-order valence-electron chi connectivity index (χ0n) is 12.1. The first-order valence-corrected chi connectivity index (χ1v) is 7.55. The van der Waals surface area contributed by atoms with Crippen LogP contribution in [0.5, 0.6) is 0 Å². The molecule has 0 aliphatic heterocycles. The highest BCUT2D eigenvalue weighted by molar-refractivity contribution is 5.66. The van der Waals surface area contributed by atoms with Gasteiger partial charge in [0.1, 0.15) is 0 Å². The standard InChI is InChI=1S/C17H28O2/c1-2-3-4-5-6-7-8-9-10-11-12-13-14-15-16-17(18)19/h2H,1,3-4,7-16H2,(H,18,19). The molecule has 0 rings (SSSR count). The Labute approximate surface area is 118 Å². The van der Waals surface area contributed by atoms with Gasteiger partial charge in [0.05, 0.1) is 0 Å². The molecule has 0 bridgehead atoms. The van der Waals surface area contributed by atoms with E-state index in [-0.39, 0.29) is 0 Å². The second kappa shape index (κ2) is 14.8. The van der Waals surface area contributed by atoms with E-state index in [2.05, 4.69) is 18.4 Å². The van der Waals surface area contributed by atoms with Gasteiger partial charge in [-0.05, 0) is 19.3 Å². The Kier molecular flexibility index (Phi) is 13.9. The molecule has 0 radical (unpaired) electrons. The van der Waals surface area contributed by atoms with Crippen molar-refractivity contribution in [2.75, 3.05) is 0 Å². The molecule has 0 saturated carbocycles. The van der Waals surface area contributed by atoms with Crippen LogP contribution >= 0.6 is 0 Å². The van der Waals surface area contributed by atoms with Crippen molar-refractivity contribution in [2.45, 2.75) is 77.0 Å². The monoisotopic (exact) mass is 264 g/mol. The summed E-state index contributed by atoms with van der Waals surface area (Å²) < 4.78 is 0. The molecule has 0 aromatic heterocycles. The summed E-state index contributed by atoms with van der Waals surface area (Å²) in [5.41, 5.74) is 0. The van der Waals surface area contributed by atoms with Crippen molar-refractivity contribution in [2.24, 2.45) is 0 Å². The lowest BCUT2D eigenvalue weighted by atomic mass is 10.1. The number of carboxylic acids is 1. The largest absolute Gasteiger partial charge is 0.481 e. The van der Waals surface area contributed by atoms with Crippen molar-refractivity contribution >= 4 is 5.97 Å². The highest BCUT2D eigenvalue weighted by Gasteiger charge is 1.96. The molecule has 0 atom stereocenters. The lowest BCUT2D eigenvalue weighted by Gasteiger charge is -2.00. The van der Waals surface area contributed by atoms with E-state index in [4.69, 9.17) is 5.11 Å². The van der Waals surface area contributed by atoms with Crippen molar-refractivity contribution in [3.05, 3.63) is 12.7 Å². The molecular weight excluding hydrogens is 236 g/mol. The van der Waals surface area contributed by atoms with E-state index in [1.54, 1.807) is 0 Å². The zero-order chi connectivity index (χ0) is 14.2. The number of carbonyl (C=O) groups is 1. The fourth-order valence-electron chi connectivity index (χ4n) is 1.90. The van der Waals surface area contributed by atoms with Crippen LogP contribution in [0.1, 0.15) is 77.0 Å². The number of hydrogen-bond acceptors (Lipinski definition) is 1. The second-order valence-corrected chi connectivity index (χ2v) is 4.90.